The maximum atomic E-state index is 13.6. The summed E-state index contributed by atoms with van der Waals surface area (Å²) in [6.45, 7) is 7.02. The van der Waals surface area contributed by atoms with Gasteiger partial charge in [0.1, 0.15) is 5.82 Å². The van der Waals surface area contributed by atoms with Crippen LogP contribution in [0.15, 0.2) is 46.2 Å². The lowest BCUT2D eigenvalue weighted by molar-refractivity contribution is -0.120. The van der Waals surface area contributed by atoms with E-state index in [0.717, 1.165) is 48.3 Å². The Morgan fingerprint density at radius 1 is 1.34 bits per heavy atom. The molecule has 0 saturated heterocycles. The fraction of sp³-hybridized carbons (Fsp3) is 0.478. The number of fused-ring (bicyclic) bond motifs is 2. The minimum Gasteiger partial charge on any atom is -0.378 e. The van der Waals surface area contributed by atoms with Gasteiger partial charge in [-0.2, -0.15) is 0 Å². The van der Waals surface area contributed by atoms with Crippen molar-refractivity contribution in [2.24, 2.45) is 10.4 Å². The van der Waals surface area contributed by atoms with Gasteiger partial charge in [-0.15, -0.1) is 0 Å². The van der Waals surface area contributed by atoms with Gasteiger partial charge in [0.25, 0.3) is 0 Å². The van der Waals surface area contributed by atoms with Crippen molar-refractivity contribution in [1.82, 2.24) is 9.80 Å². The van der Waals surface area contributed by atoms with E-state index in [0.29, 0.717) is 13.0 Å². The normalized spacial score (nSPS) is 24.0. The maximum absolute atomic E-state index is 13.6. The third kappa shape index (κ3) is 3.97. The number of nitrogens with zero attached hydrogens (tertiary/aromatic N) is 3. The lowest BCUT2D eigenvalue weighted by atomic mass is 9.82. The van der Waals surface area contributed by atoms with Gasteiger partial charge < -0.3 is 9.80 Å². The summed E-state index contributed by atoms with van der Waals surface area (Å²) in [5, 5.41) is 0.0918. The molecule has 0 radical (unpaired) electrons. The van der Waals surface area contributed by atoms with E-state index in [1.54, 1.807) is 18.3 Å². The van der Waals surface area contributed by atoms with Crippen molar-refractivity contribution in [1.29, 1.82) is 0 Å². The molecule has 0 bridgehead atoms. The van der Waals surface area contributed by atoms with E-state index in [9.17, 15) is 9.18 Å². The van der Waals surface area contributed by atoms with Gasteiger partial charge in [-0.25, -0.2) is 4.39 Å². The van der Waals surface area contributed by atoms with Crippen LogP contribution in [-0.2, 0) is 11.2 Å². The van der Waals surface area contributed by atoms with Gasteiger partial charge in [-0.1, -0.05) is 31.5 Å². The average molecular weight is 416 g/mol. The van der Waals surface area contributed by atoms with E-state index in [2.05, 4.69) is 41.9 Å². The molecule has 0 saturated carbocycles. The van der Waals surface area contributed by atoms with Crippen molar-refractivity contribution in [3.63, 3.8) is 0 Å². The molecule has 0 aromatic heterocycles. The van der Waals surface area contributed by atoms with Crippen LogP contribution in [0.25, 0.3) is 0 Å². The molecule has 3 heterocycles. The Balaban J connectivity index is 1.78. The Hall–Kier alpha value is -2.14. The van der Waals surface area contributed by atoms with Crippen molar-refractivity contribution in [2.75, 3.05) is 26.7 Å². The van der Waals surface area contributed by atoms with Crippen molar-refractivity contribution in [2.45, 2.75) is 39.2 Å². The molecular weight excluding hydrogens is 389 g/mol. The smallest absolute Gasteiger partial charge is 0.187 e. The number of hydrogen-bond donors (Lipinski definition) is 0. The van der Waals surface area contributed by atoms with Crippen molar-refractivity contribution >= 4 is 23.6 Å². The quantitative estimate of drug-likeness (QED) is 0.724. The largest absolute Gasteiger partial charge is 0.378 e. The van der Waals surface area contributed by atoms with Gasteiger partial charge in [0.05, 0.1) is 16.8 Å². The maximum Gasteiger partial charge on any atom is 0.187 e. The third-order valence-electron chi connectivity index (χ3n) is 6.06. The number of hydrogen-bond acceptors (Lipinski definition) is 4. The number of carbonyl (C=O) groups excluding carboxylic acids is 1. The molecule has 4 nitrogen and oxygen atoms in total. The molecule has 0 fully saturated rings. The van der Waals surface area contributed by atoms with E-state index in [4.69, 9.17) is 11.6 Å². The summed E-state index contributed by atoms with van der Waals surface area (Å²) < 4.78 is 13.6. The van der Waals surface area contributed by atoms with Crippen LogP contribution in [0.4, 0.5) is 4.39 Å². The Bertz CT molecular complexity index is 934. The van der Waals surface area contributed by atoms with Crippen LogP contribution in [0.3, 0.4) is 0 Å². The fourth-order valence-electron chi connectivity index (χ4n) is 4.64. The zero-order chi connectivity index (χ0) is 20.8. The highest BCUT2D eigenvalue weighted by molar-refractivity contribution is 6.30. The number of benzene rings is 1. The lowest BCUT2D eigenvalue weighted by Crippen LogP contribution is -2.50. The topological polar surface area (TPSA) is 35.9 Å². The van der Waals surface area contributed by atoms with Crippen LogP contribution < -0.4 is 0 Å². The molecule has 154 valence electrons. The monoisotopic (exact) mass is 415 g/mol. The van der Waals surface area contributed by atoms with Crippen LogP contribution in [0, 0.1) is 11.2 Å². The predicted molar refractivity (Wildman–Crippen MR) is 115 cm³/mol. The number of dihydropyridines is 1. The molecule has 1 aromatic rings. The Morgan fingerprint density at radius 3 is 2.90 bits per heavy atom. The third-order valence-corrected chi connectivity index (χ3v) is 6.35. The first-order valence-corrected chi connectivity index (χ1v) is 10.5. The second-order valence-corrected chi connectivity index (χ2v) is 9.45. The number of carbonyl (C=O) groups is 1. The molecule has 0 aliphatic carbocycles. The highest BCUT2D eigenvalue weighted by Crippen LogP contribution is 2.37. The zero-order valence-corrected chi connectivity index (χ0v) is 18.0. The Morgan fingerprint density at radius 2 is 2.14 bits per heavy atom. The summed E-state index contributed by atoms with van der Waals surface area (Å²) in [4.78, 5) is 22.3. The lowest BCUT2D eigenvalue weighted by Gasteiger charge is -2.45. The highest BCUT2D eigenvalue weighted by Gasteiger charge is 2.40. The van der Waals surface area contributed by atoms with E-state index in [1.165, 1.54) is 6.07 Å². The summed E-state index contributed by atoms with van der Waals surface area (Å²) in [5.74, 6) is -0.341. The summed E-state index contributed by atoms with van der Waals surface area (Å²) >= 11 is 6.00. The van der Waals surface area contributed by atoms with Crippen LogP contribution in [-0.4, -0.2) is 54.5 Å². The molecule has 3 aliphatic heterocycles. The van der Waals surface area contributed by atoms with E-state index in [-0.39, 0.29) is 22.3 Å². The zero-order valence-electron chi connectivity index (χ0n) is 17.2. The van der Waals surface area contributed by atoms with Gasteiger partial charge in [-0.3, -0.25) is 9.79 Å². The number of aliphatic imine (C=N–C) groups is 1. The Kier molecular flexibility index (Phi) is 5.28. The van der Waals surface area contributed by atoms with Crippen LogP contribution in [0.5, 0.6) is 0 Å². The van der Waals surface area contributed by atoms with Gasteiger partial charge in [0.2, 0.25) is 0 Å². The van der Waals surface area contributed by atoms with Gasteiger partial charge in [-0.05, 0) is 41.5 Å². The number of allylic oxidation sites excluding steroid dienone is 1. The van der Waals surface area contributed by atoms with E-state index in [1.807, 2.05) is 0 Å². The fourth-order valence-corrected chi connectivity index (χ4v) is 4.84. The second kappa shape index (κ2) is 7.60. The Labute approximate surface area is 176 Å². The SMILES string of the molecule is CN1C=C2C3=C(C=NCC3)C(=O)C(Cc3ccc(F)c(Cl)c3)N2CCC(C)(C)C1. The molecule has 0 spiro atoms. The molecule has 6 heteroatoms. The van der Waals surface area contributed by atoms with Crippen LogP contribution >= 0.6 is 11.6 Å². The van der Waals surface area contributed by atoms with Gasteiger partial charge in [0.15, 0.2) is 5.78 Å². The van der Waals surface area contributed by atoms with Crippen molar-refractivity contribution < 1.29 is 9.18 Å². The molecule has 3 aliphatic rings. The van der Waals surface area contributed by atoms with Gasteiger partial charge in [0, 0.05) is 51.1 Å². The molecule has 0 amide bonds. The molecule has 4 rings (SSSR count). The number of Topliss-reactive ketones (excluding diaryl/α,β-unsaturated/α-hetero) is 1. The minimum atomic E-state index is -0.440. The number of rotatable bonds is 2. The standard InChI is InChI=1S/C23H27ClFN3O/c1-23(2)7-9-28-20(11-15-4-5-19(25)18(24)10-15)22(29)17-12-26-8-6-16(17)21(28)13-27(3)14-23/h4-5,10,12-13,20H,6-9,11,14H2,1-3H3. The van der Waals surface area contributed by atoms with Crippen LogP contribution in [0.2, 0.25) is 5.02 Å². The van der Waals surface area contributed by atoms with E-state index >= 15 is 0 Å². The first-order chi connectivity index (χ1) is 13.7. The highest BCUT2D eigenvalue weighted by atomic mass is 35.5. The summed E-state index contributed by atoms with van der Waals surface area (Å²) in [5.41, 5.74) is 3.96. The van der Waals surface area contributed by atoms with E-state index < -0.39 is 5.82 Å². The molecule has 1 atom stereocenters. The molecule has 0 N–H and O–H groups in total. The second-order valence-electron chi connectivity index (χ2n) is 9.05. The molecule has 29 heavy (non-hydrogen) atoms. The summed E-state index contributed by atoms with van der Waals surface area (Å²) in [6.07, 6.45) is 6.19. The predicted octanol–water partition coefficient (Wildman–Crippen LogP) is 4.25. The first kappa shape index (κ1) is 20.1. The number of ketones is 1. The summed E-state index contributed by atoms with van der Waals surface area (Å²) in [6, 6.07) is 4.38. The first-order valence-electron chi connectivity index (χ1n) is 10.2. The minimum absolute atomic E-state index is 0.0918. The van der Waals surface area contributed by atoms with Crippen molar-refractivity contribution in [3.8, 4) is 0 Å². The number of halogens is 2. The van der Waals surface area contributed by atoms with Crippen LogP contribution in [0.1, 0.15) is 32.3 Å². The summed E-state index contributed by atoms with van der Waals surface area (Å²) in [7, 11) is 2.10. The average Bonchev–Trinajstić information content (AvgIpc) is 2.66. The molecular formula is C23H27ClFN3O. The molecule has 1 unspecified atom stereocenters. The van der Waals surface area contributed by atoms with Gasteiger partial charge >= 0.3 is 0 Å². The van der Waals surface area contributed by atoms with Crippen molar-refractivity contribution in [3.05, 3.63) is 57.6 Å². The molecule has 1 aromatic carbocycles.